The molecule has 2 saturated heterocycles. The molecule has 1 aromatic rings. The van der Waals surface area contributed by atoms with Gasteiger partial charge in [-0.2, -0.15) is 4.31 Å². The number of benzene rings is 1. The molecule has 6 nitrogen and oxygen atoms in total. The molecule has 0 spiro atoms. The zero-order valence-corrected chi connectivity index (χ0v) is 14.4. The molecule has 2 heterocycles. The van der Waals surface area contributed by atoms with Gasteiger partial charge in [-0.1, -0.05) is 30.3 Å². The molecule has 0 aliphatic carbocycles. The smallest absolute Gasteiger partial charge is 0.410 e. The predicted molar refractivity (Wildman–Crippen MR) is 86.6 cm³/mol. The number of fused-ring (bicyclic) bond motifs is 1. The third-order valence-electron chi connectivity index (χ3n) is 3.84. The molecule has 2 fully saturated rings. The van der Waals surface area contributed by atoms with Gasteiger partial charge in [0.2, 0.25) is 11.3 Å². The number of hydrogen-bond acceptors (Lipinski definition) is 4. The van der Waals surface area contributed by atoms with Crippen molar-refractivity contribution < 1.29 is 17.9 Å². The number of ether oxygens (including phenoxy) is 1. The fourth-order valence-electron chi connectivity index (χ4n) is 2.81. The molecule has 0 N–H and O–H groups in total. The van der Waals surface area contributed by atoms with Crippen molar-refractivity contribution in [3.8, 4) is 0 Å². The summed E-state index contributed by atoms with van der Waals surface area (Å²) in [5.41, 5.74) is 0.545. The monoisotopic (exact) mass is 338 g/mol. The molecule has 3 unspecified atom stereocenters. The minimum absolute atomic E-state index is 0.0662. The second-order valence-electron chi connectivity index (χ2n) is 6.87. The Bertz CT molecular complexity index is 602. The van der Waals surface area contributed by atoms with Crippen LogP contribution in [-0.4, -0.2) is 50.3 Å². The van der Waals surface area contributed by atoms with E-state index in [0.29, 0.717) is 19.6 Å². The molecule has 0 radical (unpaired) electrons. The summed E-state index contributed by atoms with van der Waals surface area (Å²) >= 11 is -1.46. The Morgan fingerprint density at radius 3 is 2.65 bits per heavy atom. The average Bonchev–Trinajstić information content (AvgIpc) is 2.98. The van der Waals surface area contributed by atoms with Crippen LogP contribution in [0.3, 0.4) is 0 Å². The topological polar surface area (TPSA) is 59.1 Å². The molecule has 2 aliphatic heterocycles. The van der Waals surface area contributed by atoms with Crippen LogP contribution in [0.4, 0.5) is 4.79 Å². The van der Waals surface area contributed by atoms with Gasteiger partial charge >= 0.3 is 6.09 Å². The van der Waals surface area contributed by atoms with Crippen LogP contribution >= 0.6 is 0 Å². The van der Waals surface area contributed by atoms with Crippen LogP contribution in [0.15, 0.2) is 30.3 Å². The van der Waals surface area contributed by atoms with Gasteiger partial charge in [-0.15, -0.1) is 0 Å². The first-order valence-electron chi connectivity index (χ1n) is 7.71. The number of carbonyl (C=O) groups excluding carboxylic acids is 1. The lowest BCUT2D eigenvalue weighted by molar-refractivity contribution is 0.0271. The van der Waals surface area contributed by atoms with Gasteiger partial charge < -0.3 is 9.64 Å². The van der Waals surface area contributed by atoms with Crippen molar-refractivity contribution in [3.63, 3.8) is 0 Å². The number of likely N-dealkylation sites (tertiary alicyclic amines) is 1. The first-order valence-corrected chi connectivity index (χ1v) is 8.74. The van der Waals surface area contributed by atoms with Crippen LogP contribution in [0.25, 0.3) is 0 Å². The van der Waals surface area contributed by atoms with E-state index < -0.39 is 16.9 Å². The Labute approximate surface area is 139 Å². The van der Waals surface area contributed by atoms with Crippen molar-refractivity contribution in [2.75, 3.05) is 13.1 Å². The Balaban J connectivity index is 1.66. The maximum Gasteiger partial charge on any atom is 0.410 e. The van der Waals surface area contributed by atoms with Crippen molar-refractivity contribution >= 4 is 17.4 Å². The molecule has 3 atom stereocenters. The number of rotatable bonds is 2. The molecule has 1 aromatic carbocycles. The van der Waals surface area contributed by atoms with Gasteiger partial charge in [0, 0.05) is 13.1 Å². The predicted octanol–water partition coefficient (Wildman–Crippen LogP) is 2.09. The van der Waals surface area contributed by atoms with E-state index in [-0.39, 0.29) is 18.2 Å². The number of hydrogen-bond donors (Lipinski definition) is 0. The zero-order chi connectivity index (χ0) is 16.6. The first kappa shape index (κ1) is 16.4. The Morgan fingerprint density at radius 2 is 2.00 bits per heavy atom. The van der Waals surface area contributed by atoms with E-state index in [1.165, 1.54) is 0 Å². The van der Waals surface area contributed by atoms with Crippen molar-refractivity contribution in [2.45, 2.75) is 45.1 Å². The molecule has 23 heavy (non-hydrogen) atoms. The molecular weight excluding hydrogens is 316 g/mol. The third-order valence-corrected chi connectivity index (χ3v) is 5.03. The lowest BCUT2D eigenvalue weighted by Crippen LogP contribution is -2.39. The van der Waals surface area contributed by atoms with E-state index in [9.17, 15) is 9.00 Å². The van der Waals surface area contributed by atoms with Crippen molar-refractivity contribution in [1.29, 1.82) is 0 Å². The number of amides is 1. The molecule has 1 amide bonds. The standard InChI is InChI=1S/C16H22N2O4S/c1-16(2,3)21-15(19)17-10-13-14(11-17)22-23(20)18(13)9-12-7-5-4-6-8-12/h4-8,13-14H,9-11H2,1-3H3. The van der Waals surface area contributed by atoms with Crippen LogP contribution < -0.4 is 0 Å². The van der Waals surface area contributed by atoms with Gasteiger partial charge in [-0.25, -0.2) is 9.00 Å². The fourth-order valence-corrected chi connectivity index (χ4v) is 4.00. The maximum absolute atomic E-state index is 12.2. The van der Waals surface area contributed by atoms with E-state index in [1.807, 2.05) is 55.4 Å². The summed E-state index contributed by atoms with van der Waals surface area (Å²) in [4.78, 5) is 13.8. The summed E-state index contributed by atoms with van der Waals surface area (Å²) in [6.07, 6.45) is -0.576. The highest BCUT2D eigenvalue weighted by molar-refractivity contribution is 7.78. The lowest BCUT2D eigenvalue weighted by atomic mass is 10.2. The molecule has 3 rings (SSSR count). The van der Waals surface area contributed by atoms with E-state index in [0.717, 1.165) is 5.56 Å². The molecule has 2 aliphatic rings. The van der Waals surface area contributed by atoms with Gasteiger partial charge in [0.15, 0.2) is 0 Å². The summed E-state index contributed by atoms with van der Waals surface area (Å²) in [6, 6.07) is 9.77. The van der Waals surface area contributed by atoms with Gasteiger partial charge in [0.25, 0.3) is 0 Å². The van der Waals surface area contributed by atoms with E-state index in [1.54, 1.807) is 4.90 Å². The highest BCUT2D eigenvalue weighted by Gasteiger charge is 2.49. The zero-order valence-electron chi connectivity index (χ0n) is 13.6. The Morgan fingerprint density at radius 1 is 1.30 bits per heavy atom. The highest BCUT2D eigenvalue weighted by atomic mass is 32.2. The van der Waals surface area contributed by atoms with Crippen LogP contribution in [-0.2, 0) is 26.7 Å². The average molecular weight is 338 g/mol. The lowest BCUT2D eigenvalue weighted by Gasteiger charge is -2.25. The summed E-state index contributed by atoms with van der Waals surface area (Å²) in [5, 5.41) is 0. The van der Waals surface area contributed by atoms with Gasteiger partial charge in [-0.3, -0.25) is 4.18 Å². The second kappa shape index (κ2) is 6.22. The van der Waals surface area contributed by atoms with E-state index in [4.69, 9.17) is 8.92 Å². The summed E-state index contributed by atoms with van der Waals surface area (Å²) in [6.45, 7) is 6.95. The SMILES string of the molecule is CC(C)(C)OC(=O)N1CC2OS(=O)N(Cc3ccccc3)C2C1. The normalized spacial score (nSPS) is 28.0. The van der Waals surface area contributed by atoms with Crippen LogP contribution in [0.1, 0.15) is 26.3 Å². The summed E-state index contributed by atoms with van der Waals surface area (Å²) in [7, 11) is 0. The third kappa shape index (κ3) is 3.73. The molecule has 7 heteroatoms. The minimum Gasteiger partial charge on any atom is -0.444 e. The molecule has 0 bridgehead atoms. The van der Waals surface area contributed by atoms with Crippen molar-refractivity contribution in [2.24, 2.45) is 0 Å². The Kier molecular flexibility index (Phi) is 4.44. The number of nitrogens with zero attached hydrogens (tertiary/aromatic N) is 2. The molecule has 126 valence electrons. The summed E-state index contributed by atoms with van der Waals surface area (Å²) < 4.78 is 24.9. The van der Waals surface area contributed by atoms with Crippen molar-refractivity contribution in [3.05, 3.63) is 35.9 Å². The largest absolute Gasteiger partial charge is 0.444 e. The first-order chi connectivity index (χ1) is 10.8. The van der Waals surface area contributed by atoms with Crippen molar-refractivity contribution in [1.82, 2.24) is 9.21 Å². The Hall–Kier alpha value is -1.44. The van der Waals surface area contributed by atoms with Gasteiger partial charge in [-0.05, 0) is 26.3 Å². The fraction of sp³-hybridized carbons (Fsp3) is 0.562. The van der Waals surface area contributed by atoms with Crippen LogP contribution in [0.2, 0.25) is 0 Å². The highest BCUT2D eigenvalue weighted by Crippen LogP contribution is 2.30. The van der Waals surface area contributed by atoms with Crippen LogP contribution in [0.5, 0.6) is 0 Å². The molecular formula is C16H22N2O4S. The molecule has 0 aromatic heterocycles. The van der Waals surface area contributed by atoms with Crippen LogP contribution in [0, 0.1) is 0 Å². The minimum atomic E-state index is -1.46. The van der Waals surface area contributed by atoms with Gasteiger partial charge in [0.1, 0.15) is 11.7 Å². The molecule has 0 saturated carbocycles. The number of carbonyl (C=O) groups is 1. The van der Waals surface area contributed by atoms with E-state index >= 15 is 0 Å². The quantitative estimate of drug-likeness (QED) is 0.828. The summed E-state index contributed by atoms with van der Waals surface area (Å²) in [5.74, 6) is 0. The van der Waals surface area contributed by atoms with Gasteiger partial charge in [0.05, 0.1) is 12.6 Å². The maximum atomic E-state index is 12.2. The van der Waals surface area contributed by atoms with E-state index in [2.05, 4.69) is 0 Å². The second-order valence-corrected chi connectivity index (χ2v) is 7.96.